The molecule has 1 rings (SSSR count). The molecule has 0 aromatic carbocycles. The summed E-state index contributed by atoms with van der Waals surface area (Å²) in [5.41, 5.74) is 5.62. The van der Waals surface area contributed by atoms with Crippen LogP contribution in [0.3, 0.4) is 0 Å². The Balaban J connectivity index is 1.92. The number of hydrogen-bond donors (Lipinski definition) is 1. The third-order valence-corrected chi connectivity index (χ3v) is 3.91. The highest BCUT2D eigenvalue weighted by Crippen LogP contribution is 2.15. The molecule has 0 saturated heterocycles. The second kappa shape index (κ2) is 12.1. The number of nitrogens with zero attached hydrogens (tertiary/aromatic N) is 2. The molecule has 20 heavy (non-hydrogen) atoms. The molecule has 1 unspecified atom stereocenters. The number of allylic oxidation sites excluding steroid dienone is 2. The highest BCUT2D eigenvalue weighted by atomic mass is 15.3. The molecule has 1 aliphatic heterocycles. The van der Waals surface area contributed by atoms with Gasteiger partial charge in [0.2, 0.25) is 0 Å². The number of aliphatic imine (C=N–C) groups is 1. The van der Waals surface area contributed by atoms with E-state index in [1.807, 2.05) is 6.21 Å². The molecule has 3 nitrogen and oxygen atoms in total. The lowest BCUT2D eigenvalue weighted by Crippen LogP contribution is -2.34. The van der Waals surface area contributed by atoms with Crippen LogP contribution in [0.15, 0.2) is 17.1 Å². The Morgan fingerprint density at radius 2 is 1.90 bits per heavy atom. The zero-order chi connectivity index (χ0) is 14.5. The lowest BCUT2D eigenvalue weighted by Gasteiger charge is -2.21. The summed E-state index contributed by atoms with van der Waals surface area (Å²) < 4.78 is 0. The van der Waals surface area contributed by atoms with E-state index in [1.54, 1.807) is 0 Å². The minimum Gasteiger partial charge on any atom is -0.329 e. The van der Waals surface area contributed by atoms with Gasteiger partial charge in [0.05, 0.1) is 0 Å². The predicted octanol–water partition coefficient (Wildman–Crippen LogP) is 3.74. The summed E-state index contributed by atoms with van der Waals surface area (Å²) in [6.45, 7) is 4.96. The smallest absolute Gasteiger partial charge is 0.102 e. The highest BCUT2D eigenvalue weighted by Gasteiger charge is 2.18. The monoisotopic (exact) mass is 279 g/mol. The Morgan fingerprint density at radius 3 is 2.65 bits per heavy atom. The molecule has 0 amide bonds. The van der Waals surface area contributed by atoms with Crippen LogP contribution >= 0.6 is 0 Å². The quantitative estimate of drug-likeness (QED) is 0.437. The van der Waals surface area contributed by atoms with Gasteiger partial charge in [-0.15, -0.1) is 0 Å². The van der Waals surface area contributed by atoms with Gasteiger partial charge < -0.3 is 5.73 Å². The van der Waals surface area contributed by atoms with Crippen LogP contribution in [-0.2, 0) is 0 Å². The van der Waals surface area contributed by atoms with Crippen molar-refractivity contribution >= 4 is 6.21 Å². The Kier molecular flexibility index (Phi) is 10.5. The van der Waals surface area contributed by atoms with E-state index in [0.29, 0.717) is 6.17 Å². The highest BCUT2D eigenvalue weighted by molar-refractivity contribution is 5.62. The molecule has 1 heterocycles. The molecule has 2 N–H and O–H groups in total. The molecule has 0 radical (unpaired) electrons. The van der Waals surface area contributed by atoms with Crippen molar-refractivity contribution in [1.29, 1.82) is 0 Å². The van der Waals surface area contributed by atoms with Crippen molar-refractivity contribution in [2.24, 2.45) is 10.7 Å². The van der Waals surface area contributed by atoms with Crippen LogP contribution in [0.1, 0.15) is 64.7 Å². The Hall–Kier alpha value is -0.670. The van der Waals surface area contributed by atoms with Gasteiger partial charge in [-0.3, -0.25) is 9.89 Å². The Bertz CT molecular complexity index is 273. The molecule has 0 fully saturated rings. The van der Waals surface area contributed by atoms with Crippen LogP contribution in [0.4, 0.5) is 0 Å². The zero-order valence-electron chi connectivity index (χ0n) is 13.3. The molecule has 1 atom stereocenters. The second-order valence-corrected chi connectivity index (χ2v) is 5.70. The van der Waals surface area contributed by atoms with Crippen LogP contribution < -0.4 is 5.73 Å². The normalized spacial score (nSPS) is 19.4. The standard InChI is InChI=1S/C17H33N3/c1-2-3-4-5-6-7-8-9-10-11-12-17-19-14-16-20(17)15-13-18/h5-6,14,17H,2-4,7-13,15-16,18H2,1H3/b6-5+. The van der Waals surface area contributed by atoms with E-state index >= 15 is 0 Å². The molecule has 0 saturated carbocycles. The number of unbranched alkanes of at least 4 members (excludes halogenated alkanes) is 6. The number of hydrogen-bond acceptors (Lipinski definition) is 3. The summed E-state index contributed by atoms with van der Waals surface area (Å²) >= 11 is 0. The molecular weight excluding hydrogens is 246 g/mol. The van der Waals surface area contributed by atoms with Crippen molar-refractivity contribution in [3.05, 3.63) is 12.2 Å². The number of nitrogens with two attached hydrogens (primary N) is 1. The Labute approximate surface area is 125 Å². The molecule has 116 valence electrons. The summed E-state index contributed by atoms with van der Waals surface area (Å²) in [5.74, 6) is 0. The average Bonchev–Trinajstić information content (AvgIpc) is 2.89. The molecular formula is C17H33N3. The van der Waals surface area contributed by atoms with Crippen LogP contribution in [0.25, 0.3) is 0 Å². The first kappa shape index (κ1) is 17.4. The molecule has 3 heteroatoms. The fourth-order valence-corrected chi connectivity index (χ4v) is 2.65. The third kappa shape index (κ3) is 7.81. The van der Waals surface area contributed by atoms with Crippen LogP contribution in [-0.4, -0.2) is 36.9 Å². The minimum absolute atomic E-state index is 0.410. The van der Waals surface area contributed by atoms with E-state index in [-0.39, 0.29) is 0 Å². The first-order valence-electron chi connectivity index (χ1n) is 8.49. The lowest BCUT2D eigenvalue weighted by atomic mass is 10.1. The maximum atomic E-state index is 5.62. The average molecular weight is 279 g/mol. The van der Waals surface area contributed by atoms with E-state index in [0.717, 1.165) is 19.6 Å². The molecule has 0 aromatic heterocycles. The van der Waals surface area contributed by atoms with Crippen molar-refractivity contribution in [3.63, 3.8) is 0 Å². The first-order chi connectivity index (χ1) is 9.88. The van der Waals surface area contributed by atoms with Crippen LogP contribution in [0.2, 0.25) is 0 Å². The van der Waals surface area contributed by atoms with Crippen molar-refractivity contribution in [1.82, 2.24) is 4.90 Å². The van der Waals surface area contributed by atoms with Gasteiger partial charge >= 0.3 is 0 Å². The van der Waals surface area contributed by atoms with E-state index in [4.69, 9.17) is 5.73 Å². The Morgan fingerprint density at radius 1 is 1.15 bits per heavy atom. The maximum absolute atomic E-state index is 5.62. The van der Waals surface area contributed by atoms with E-state index in [1.165, 1.54) is 57.8 Å². The van der Waals surface area contributed by atoms with Crippen molar-refractivity contribution < 1.29 is 0 Å². The van der Waals surface area contributed by atoms with Gasteiger partial charge in [-0.25, -0.2) is 0 Å². The topological polar surface area (TPSA) is 41.6 Å². The predicted molar refractivity (Wildman–Crippen MR) is 89.3 cm³/mol. The summed E-state index contributed by atoms with van der Waals surface area (Å²) in [5, 5.41) is 0. The van der Waals surface area contributed by atoms with Gasteiger partial charge in [-0.2, -0.15) is 0 Å². The zero-order valence-corrected chi connectivity index (χ0v) is 13.3. The van der Waals surface area contributed by atoms with Crippen molar-refractivity contribution in [2.75, 3.05) is 19.6 Å². The first-order valence-corrected chi connectivity index (χ1v) is 8.49. The fourth-order valence-electron chi connectivity index (χ4n) is 2.65. The molecule has 0 aliphatic carbocycles. The molecule has 0 bridgehead atoms. The third-order valence-electron chi connectivity index (χ3n) is 3.91. The van der Waals surface area contributed by atoms with Gasteiger partial charge in [0.15, 0.2) is 0 Å². The second-order valence-electron chi connectivity index (χ2n) is 5.70. The number of rotatable bonds is 12. The summed E-state index contributed by atoms with van der Waals surface area (Å²) in [7, 11) is 0. The largest absolute Gasteiger partial charge is 0.329 e. The minimum atomic E-state index is 0.410. The van der Waals surface area contributed by atoms with Crippen LogP contribution in [0, 0.1) is 0 Å². The van der Waals surface area contributed by atoms with Crippen molar-refractivity contribution in [3.8, 4) is 0 Å². The SMILES string of the molecule is CCCC/C=C/CCCCCCC1N=CCN1CCN. The molecule has 0 aromatic rings. The van der Waals surface area contributed by atoms with Gasteiger partial charge in [-0.1, -0.05) is 44.8 Å². The van der Waals surface area contributed by atoms with Gasteiger partial charge in [0.25, 0.3) is 0 Å². The van der Waals surface area contributed by atoms with Crippen LogP contribution in [0.5, 0.6) is 0 Å². The maximum Gasteiger partial charge on any atom is 0.102 e. The van der Waals surface area contributed by atoms with Gasteiger partial charge in [0, 0.05) is 25.8 Å². The van der Waals surface area contributed by atoms with Gasteiger partial charge in [0.1, 0.15) is 6.17 Å². The van der Waals surface area contributed by atoms with Crippen molar-refractivity contribution in [2.45, 2.75) is 70.9 Å². The van der Waals surface area contributed by atoms with E-state index < -0.39 is 0 Å². The van der Waals surface area contributed by atoms with E-state index in [2.05, 4.69) is 29.0 Å². The van der Waals surface area contributed by atoms with Gasteiger partial charge in [-0.05, 0) is 32.1 Å². The molecule has 1 aliphatic rings. The molecule has 0 spiro atoms. The summed E-state index contributed by atoms with van der Waals surface area (Å²) in [6, 6.07) is 0. The lowest BCUT2D eigenvalue weighted by molar-refractivity contribution is 0.241. The summed E-state index contributed by atoms with van der Waals surface area (Å²) in [6.07, 6.45) is 18.8. The fraction of sp³-hybridized carbons (Fsp3) is 0.824. The summed E-state index contributed by atoms with van der Waals surface area (Å²) in [4.78, 5) is 6.93. The van der Waals surface area contributed by atoms with E-state index in [9.17, 15) is 0 Å².